The topological polar surface area (TPSA) is 72.0 Å². The number of benzene rings is 2. The molecule has 3 heterocycles. The van der Waals surface area contributed by atoms with E-state index in [1.54, 1.807) is 15.9 Å². The standard InChI is InChI=1S/C24H22ClN3O4S/c1-15-21(26-22(33-15)16-6-8-17(25)9-7-16)24(30)28-12-10-27(11-13-28)23(29)20-14-31-18-4-2-3-5-19(18)32-20/h2-9,20H,10-14H2,1H3. The van der Waals surface area contributed by atoms with Gasteiger partial charge in [-0.2, -0.15) is 0 Å². The molecule has 2 aliphatic rings. The summed E-state index contributed by atoms with van der Waals surface area (Å²) in [7, 11) is 0. The van der Waals surface area contributed by atoms with Gasteiger partial charge in [-0.25, -0.2) is 4.98 Å². The van der Waals surface area contributed by atoms with Gasteiger partial charge >= 0.3 is 0 Å². The number of piperazine rings is 1. The third kappa shape index (κ3) is 4.41. The highest BCUT2D eigenvalue weighted by molar-refractivity contribution is 7.15. The lowest BCUT2D eigenvalue weighted by Gasteiger charge is -2.37. The molecule has 0 saturated carbocycles. The summed E-state index contributed by atoms with van der Waals surface area (Å²) in [5.41, 5.74) is 1.39. The van der Waals surface area contributed by atoms with Crippen molar-refractivity contribution in [2.75, 3.05) is 32.8 Å². The van der Waals surface area contributed by atoms with Crippen LogP contribution in [0.1, 0.15) is 15.4 Å². The quantitative estimate of drug-likeness (QED) is 0.565. The van der Waals surface area contributed by atoms with Gasteiger partial charge in [0, 0.05) is 41.6 Å². The number of amides is 2. The van der Waals surface area contributed by atoms with E-state index in [1.807, 2.05) is 49.4 Å². The summed E-state index contributed by atoms with van der Waals surface area (Å²) in [6.45, 7) is 3.87. The lowest BCUT2D eigenvalue weighted by molar-refractivity contribution is -0.142. The van der Waals surface area contributed by atoms with Gasteiger partial charge in [-0.1, -0.05) is 35.9 Å². The number of ether oxygens (including phenoxy) is 2. The largest absolute Gasteiger partial charge is 0.485 e. The highest BCUT2D eigenvalue weighted by Crippen LogP contribution is 2.32. The van der Waals surface area contributed by atoms with Crippen LogP contribution >= 0.6 is 22.9 Å². The first-order valence-electron chi connectivity index (χ1n) is 10.7. The second-order valence-corrected chi connectivity index (χ2v) is 9.55. The number of aryl methyl sites for hydroxylation is 1. The Morgan fingerprint density at radius 1 is 1.00 bits per heavy atom. The Hall–Kier alpha value is -3.10. The van der Waals surface area contributed by atoms with Crippen molar-refractivity contribution in [3.05, 3.63) is 64.1 Å². The molecule has 1 fully saturated rings. The molecular weight excluding hydrogens is 462 g/mol. The van der Waals surface area contributed by atoms with Gasteiger partial charge < -0.3 is 19.3 Å². The third-order valence-electron chi connectivity index (χ3n) is 5.75. The molecule has 7 nitrogen and oxygen atoms in total. The van der Waals surface area contributed by atoms with E-state index in [2.05, 4.69) is 4.98 Å². The van der Waals surface area contributed by atoms with Gasteiger partial charge in [0.15, 0.2) is 11.5 Å². The van der Waals surface area contributed by atoms with Crippen molar-refractivity contribution in [1.29, 1.82) is 0 Å². The van der Waals surface area contributed by atoms with E-state index >= 15 is 0 Å². The summed E-state index contributed by atoms with van der Waals surface area (Å²) in [5, 5.41) is 1.45. The number of thiazole rings is 1. The number of hydrogen-bond acceptors (Lipinski definition) is 6. The molecule has 1 saturated heterocycles. The lowest BCUT2D eigenvalue weighted by atomic mass is 10.2. The number of nitrogens with zero attached hydrogens (tertiary/aromatic N) is 3. The Bertz CT molecular complexity index is 1190. The van der Waals surface area contributed by atoms with E-state index < -0.39 is 6.10 Å². The highest BCUT2D eigenvalue weighted by atomic mass is 35.5. The monoisotopic (exact) mass is 483 g/mol. The van der Waals surface area contributed by atoms with Crippen LogP contribution in [0.25, 0.3) is 10.6 Å². The first kappa shape index (κ1) is 21.7. The van der Waals surface area contributed by atoms with Crippen molar-refractivity contribution in [3.8, 4) is 22.1 Å². The van der Waals surface area contributed by atoms with Gasteiger partial charge in [-0.15, -0.1) is 11.3 Å². The fourth-order valence-corrected chi connectivity index (χ4v) is 4.97. The van der Waals surface area contributed by atoms with Gasteiger partial charge in [-0.05, 0) is 31.2 Å². The number of carbonyl (C=O) groups is 2. The molecule has 0 N–H and O–H groups in total. The summed E-state index contributed by atoms with van der Waals surface area (Å²) in [5.74, 6) is 0.994. The molecular formula is C24H22ClN3O4S. The van der Waals surface area contributed by atoms with Crippen molar-refractivity contribution in [3.63, 3.8) is 0 Å². The highest BCUT2D eigenvalue weighted by Gasteiger charge is 2.34. The summed E-state index contributed by atoms with van der Waals surface area (Å²) in [6, 6.07) is 14.7. The average Bonchev–Trinajstić information content (AvgIpc) is 3.24. The second-order valence-electron chi connectivity index (χ2n) is 7.91. The lowest BCUT2D eigenvalue weighted by Crippen LogP contribution is -2.55. The smallest absolute Gasteiger partial charge is 0.273 e. The van der Waals surface area contributed by atoms with Crippen LogP contribution in [-0.4, -0.2) is 65.5 Å². The predicted molar refractivity (Wildman–Crippen MR) is 126 cm³/mol. The summed E-state index contributed by atoms with van der Waals surface area (Å²) in [4.78, 5) is 35.0. The zero-order chi connectivity index (χ0) is 22.9. The number of rotatable bonds is 3. The molecule has 9 heteroatoms. The van der Waals surface area contributed by atoms with E-state index in [9.17, 15) is 9.59 Å². The Labute approximate surface area is 200 Å². The number of carbonyl (C=O) groups excluding carboxylic acids is 2. The number of fused-ring (bicyclic) bond motifs is 1. The number of para-hydroxylation sites is 2. The molecule has 1 aromatic heterocycles. The van der Waals surface area contributed by atoms with Crippen molar-refractivity contribution < 1.29 is 19.1 Å². The maximum Gasteiger partial charge on any atom is 0.273 e. The zero-order valence-corrected chi connectivity index (χ0v) is 19.6. The van der Waals surface area contributed by atoms with Gasteiger partial charge in [0.2, 0.25) is 6.10 Å². The number of hydrogen-bond donors (Lipinski definition) is 0. The molecule has 2 aromatic carbocycles. The van der Waals surface area contributed by atoms with E-state index in [0.717, 1.165) is 15.4 Å². The maximum absolute atomic E-state index is 13.1. The van der Waals surface area contributed by atoms with Gasteiger partial charge in [0.25, 0.3) is 11.8 Å². The third-order valence-corrected chi connectivity index (χ3v) is 7.02. The van der Waals surface area contributed by atoms with Crippen molar-refractivity contribution in [2.45, 2.75) is 13.0 Å². The average molecular weight is 484 g/mol. The summed E-state index contributed by atoms with van der Waals surface area (Å²) < 4.78 is 11.5. The molecule has 0 spiro atoms. The van der Waals surface area contributed by atoms with E-state index in [0.29, 0.717) is 48.4 Å². The summed E-state index contributed by atoms with van der Waals surface area (Å²) in [6.07, 6.45) is -0.676. The van der Waals surface area contributed by atoms with Crippen LogP contribution in [-0.2, 0) is 4.79 Å². The Morgan fingerprint density at radius 2 is 1.67 bits per heavy atom. The molecule has 1 atom stereocenters. The Balaban J connectivity index is 1.21. The van der Waals surface area contributed by atoms with Gasteiger partial charge in [0.05, 0.1) is 0 Å². The van der Waals surface area contributed by atoms with Crippen molar-refractivity contribution in [1.82, 2.24) is 14.8 Å². The minimum atomic E-state index is -0.676. The van der Waals surface area contributed by atoms with Crippen LogP contribution in [0.5, 0.6) is 11.5 Å². The Kier molecular flexibility index (Phi) is 5.95. The minimum Gasteiger partial charge on any atom is -0.485 e. The van der Waals surface area contributed by atoms with Crippen LogP contribution < -0.4 is 9.47 Å². The molecule has 1 unspecified atom stereocenters. The molecule has 2 aliphatic heterocycles. The molecule has 170 valence electrons. The molecule has 5 rings (SSSR count). The van der Waals surface area contributed by atoms with E-state index in [1.165, 1.54) is 11.3 Å². The molecule has 0 radical (unpaired) electrons. The van der Waals surface area contributed by atoms with Crippen LogP contribution in [0.15, 0.2) is 48.5 Å². The zero-order valence-electron chi connectivity index (χ0n) is 18.0. The normalized spacial score (nSPS) is 17.7. The fourth-order valence-electron chi connectivity index (χ4n) is 3.94. The maximum atomic E-state index is 13.1. The van der Waals surface area contributed by atoms with Crippen LogP contribution in [0.4, 0.5) is 0 Å². The first-order valence-corrected chi connectivity index (χ1v) is 11.9. The van der Waals surface area contributed by atoms with Crippen molar-refractivity contribution >= 4 is 34.8 Å². The van der Waals surface area contributed by atoms with Crippen molar-refractivity contribution in [2.24, 2.45) is 0 Å². The molecule has 3 aromatic rings. The van der Waals surface area contributed by atoms with Crippen LogP contribution in [0.2, 0.25) is 5.02 Å². The fraction of sp³-hybridized carbons (Fsp3) is 0.292. The predicted octanol–water partition coefficient (Wildman–Crippen LogP) is 3.90. The number of halogens is 1. The van der Waals surface area contributed by atoms with Gasteiger partial charge in [-0.3, -0.25) is 9.59 Å². The van der Waals surface area contributed by atoms with E-state index in [4.69, 9.17) is 21.1 Å². The molecule has 0 bridgehead atoms. The second kappa shape index (κ2) is 9.03. The van der Waals surface area contributed by atoms with E-state index in [-0.39, 0.29) is 18.4 Å². The molecule has 0 aliphatic carbocycles. The first-order chi connectivity index (χ1) is 16.0. The number of aromatic nitrogens is 1. The van der Waals surface area contributed by atoms with Crippen LogP contribution in [0, 0.1) is 6.92 Å². The summed E-state index contributed by atoms with van der Waals surface area (Å²) >= 11 is 7.46. The molecule has 2 amide bonds. The molecule has 33 heavy (non-hydrogen) atoms. The minimum absolute atomic E-state index is 0.109. The van der Waals surface area contributed by atoms with Gasteiger partial charge in [0.1, 0.15) is 17.3 Å². The Morgan fingerprint density at radius 3 is 2.39 bits per heavy atom. The SMILES string of the molecule is Cc1sc(-c2ccc(Cl)cc2)nc1C(=O)N1CCN(C(=O)C2COc3ccccc3O2)CC1. The van der Waals surface area contributed by atoms with Crippen LogP contribution in [0.3, 0.4) is 0 Å².